The summed E-state index contributed by atoms with van der Waals surface area (Å²) < 4.78 is 44.7. The van der Waals surface area contributed by atoms with E-state index in [0.29, 0.717) is 18.8 Å². The van der Waals surface area contributed by atoms with E-state index < -0.39 is 11.7 Å². The van der Waals surface area contributed by atoms with Crippen molar-refractivity contribution in [2.45, 2.75) is 32.7 Å². The normalized spacial score (nSPS) is 12.0. The zero-order chi connectivity index (χ0) is 16.0. The number of benzene rings is 1. The lowest BCUT2D eigenvalue weighted by atomic mass is 10.1. The van der Waals surface area contributed by atoms with Gasteiger partial charge in [-0.25, -0.2) is 0 Å². The van der Waals surface area contributed by atoms with E-state index in [1.807, 2.05) is 13.8 Å². The van der Waals surface area contributed by atoms with Crippen molar-refractivity contribution < 1.29 is 17.9 Å². The second-order valence-corrected chi connectivity index (χ2v) is 5.21. The number of rotatable bonds is 7. The fourth-order valence-electron chi connectivity index (χ4n) is 1.96. The number of nitrogens with one attached hydrogen (secondary N) is 1. The third-order valence-electron chi connectivity index (χ3n) is 3.08. The summed E-state index contributed by atoms with van der Waals surface area (Å²) >= 11 is 0. The second-order valence-electron chi connectivity index (χ2n) is 5.21. The van der Waals surface area contributed by atoms with E-state index in [2.05, 4.69) is 5.32 Å². The number of likely N-dealkylation sites (N-methyl/N-ethyl adjacent to an activating group) is 1. The van der Waals surface area contributed by atoms with Crippen LogP contribution in [0.2, 0.25) is 0 Å². The Morgan fingerprint density at radius 1 is 1.29 bits per heavy atom. The Bertz CT molecular complexity index is 447. The molecule has 1 N–H and O–H groups in total. The van der Waals surface area contributed by atoms with Crippen molar-refractivity contribution in [3.05, 3.63) is 29.3 Å². The number of hydrogen-bond donors (Lipinski definition) is 1. The molecule has 1 rings (SSSR count). The highest BCUT2D eigenvalue weighted by atomic mass is 19.4. The molecule has 21 heavy (non-hydrogen) atoms. The van der Waals surface area contributed by atoms with E-state index in [-0.39, 0.29) is 18.2 Å². The molecule has 0 amide bonds. The van der Waals surface area contributed by atoms with Crippen LogP contribution in [-0.2, 0) is 17.5 Å². The molecule has 120 valence electrons. The Morgan fingerprint density at radius 2 is 1.95 bits per heavy atom. The molecule has 3 nitrogen and oxygen atoms in total. The molecule has 0 aliphatic rings. The quantitative estimate of drug-likeness (QED) is 0.836. The largest absolute Gasteiger partial charge is 0.416 e. The summed E-state index contributed by atoms with van der Waals surface area (Å²) in [4.78, 5) is 1.76. The van der Waals surface area contributed by atoms with E-state index in [4.69, 9.17) is 4.74 Å². The van der Waals surface area contributed by atoms with Crippen LogP contribution in [0.4, 0.5) is 18.9 Å². The lowest BCUT2D eigenvalue weighted by Gasteiger charge is -2.22. The molecule has 0 aromatic heterocycles. The zero-order valence-electron chi connectivity index (χ0n) is 12.9. The fraction of sp³-hybridized carbons (Fsp3) is 0.600. The van der Waals surface area contributed by atoms with Crippen molar-refractivity contribution >= 4 is 5.69 Å². The molecule has 0 unspecified atom stereocenters. The second kappa shape index (κ2) is 7.66. The number of hydrogen-bond acceptors (Lipinski definition) is 3. The molecule has 0 atom stereocenters. The molecule has 0 saturated heterocycles. The van der Waals surface area contributed by atoms with Crippen LogP contribution in [0, 0.1) is 0 Å². The van der Waals surface area contributed by atoms with Crippen molar-refractivity contribution in [2.24, 2.45) is 0 Å². The minimum absolute atomic E-state index is 0.113. The summed E-state index contributed by atoms with van der Waals surface area (Å²) in [6, 6.07) is 4.42. The number of ether oxygens (including phenoxy) is 1. The van der Waals surface area contributed by atoms with Gasteiger partial charge >= 0.3 is 6.18 Å². The van der Waals surface area contributed by atoms with Crippen LogP contribution >= 0.6 is 0 Å². The van der Waals surface area contributed by atoms with Crippen LogP contribution in [0.5, 0.6) is 0 Å². The maximum atomic E-state index is 13.1. The monoisotopic (exact) mass is 304 g/mol. The van der Waals surface area contributed by atoms with Gasteiger partial charge in [0.2, 0.25) is 0 Å². The molecule has 0 aliphatic heterocycles. The first-order valence-electron chi connectivity index (χ1n) is 6.93. The highest BCUT2D eigenvalue weighted by molar-refractivity contribution is 5.51. The first-order valence-corrected chi connectivity index (χ1v) is 6.93. The molecule has 0 spiro atoms. The van der Waals surface area contributed by atoms with Crippen LogP contribution in [-0.4, -0.2) is 33.4 Å². The van der Waals surface area contributed by atoms with E-state index in [1.54, 1.807) is 25.1 Å². The fourth-order valence-corrected chi connectivity index (χ4v) is 1.96. The van der Waals surface area contributed by atoms with Crippen molar-refractivity contribution in [3.63, 3.8) is 0 Å². The zero-order valence-corrected chi connectivity index (χ0v) is 12.9. The Labute approximate surface area is 124 Å². The van der Waals surface area contributed by atoms with Crippen molar-refractivity contribution in [1.29, 1.82) is 0 Å². The van der Waals surface area contributed by atoms with Gasteiger partial charge in [-0.2, -0.15) is 13.2 Å². The number of alkyl halides is 3. The summed E-state index contributed by atoms with van der Waals surface area (Å²) in [5.74, 6) is 0. The summed E-state index contributed by atoms with van der Waals surface area (Å²) in [5, 5.41) is 2.76. The van der Waals surface area contributed by atoms with Crippen LogP contribution < -0.4 is 10.2 Å². The van der Waals surface area contributed by atoms with Crippen molar-refractivity contribution in [3.8, 4) is 0 Å². The predicted octanol–water partition coefficient (Wildman–Crippen LogP) is 3.29. The van der Waals surface area contributed by atoms with Gasteiger partial charge in [-0.3, -0.25) is 0 Å². The lowest BCUT2D eigenvalue weighted by Crippen LogP contribution is -2.24. The van der Waals surface area contributed by atoms with Gasteiger partial charge in [0.1, 0.15) is 0 Å². The maximum Gasteiger partial charge on any atom is 0.416 e. The van der Waals surface area contributed by atoms with Gasteiger partial charge in [-0.1, -0.05) is 6.07 Å². The summed E-state index contributed by atoms with van der Waals surface area (Å²) in [7, 11) is 3.39. The smallest absolute Gasteiger partial charge is 0.377 e. The van der Waals surface area contributed by atoms with Gasteiger partial charge in [-0.15, -0.1) is 0 Å². The highest BCUT2D eigenvalue weighted by Crippen LogP contribution is 2.34. The van der Waals surface area contributed by atoms with Gasteiger partial charge in [0.05, 0.1) is 18.3 Å². The molecular formula is C15H23F3N2O. The maximum absolute atomic E-state index is 13.1. The standard InChI is InChI=1S/C15H23F3N2O/c1-11(2)21-8-7-20(4)13-6-5-12(10-19-3)14(9-13)15(16,17)18/h5-6,9,11,19H,7-8,10H2,1-4H3. The van der Waals surface area contributed by atoms with E-state index >= 15 is 0 Å². The van der Waals surface area contributed by atoms with E-state index in [0.717, 1.165) is 0 Å². The van der Waals surface area contributed by atoms with Gasteiger partial charge in [0.25, 0.3) is 0 Å². The summed E-state index contributed by atoms with van der Waals surface area (Å²) in [6.07, 6.45) is -4.24. The van der Waals surface area contributed by atoms with Gasteiger partial charge in [0, 0.05) is 25.8 Å². The molecule has 0 fully saturated rings. The number of anilines is 1. The molecule has 0 aliphatic carbocycles. The van der Waals surface area contributed by atoms with Crippen molar-refractivity contribution in [2.75, 3.05) is 32.1 Å². The average molecular weight is 304 g/mol. The molecule has 0 saturated carbocycles. The van der Waals surface area contributed by atoms with Crippen LogP contribution in [0.25, 0.3) is 0 Å². The Kier molecular flexibility index (Phi) is 6.48. The summed E-state index contributed by atoms with van der Waals surface area (Å²) in [5.41, 5.74) is 0.195. The molecule has 6 heteroatoms. The Hall–Kier alpha value is -1.27. The van der Waals surface area contributed by atoms with Crippen LogP contribution in [0.3, 0.4) is 0 Å². The summed E-state index contributed by atoms with van der Waals surface area (Å²) in [6.45, 7) is 5.06. The SMILES string of the molecule is CNCc1ccc(N(C)CCOC(C)C)cc1C(F)(F)F. The third kappa shape index (κ3) is 5.55. The third-order valence-corrected chi connectivity index (χ3v) is 3.08. The van der Waals surface area contributed by atoms with E-state index in [1.165, 1.54) is 12.1 Å². The molecular weight excluding hydrogens is 281 g/mol. The van der Waals surface area contributed by atoms with Crippen LogP contribution in [0.1, 0.15) is 25.0 Å². The Balaban J connectivity index is 2.89. The first-order chi connectivity index (χ1) is 9.75. The highest BCUT2D eigenvalue weighted by Gasteiger charge is 2.33. The number of halogens is 3. The minimum atomic E-state index is -4.35. The van der Waals surface area contributed by atoms with Crippen LogP contribution in [0.15, 0.2) is 18.2 Å². The Morgan fingerprint density at radius 3 is 2.48 bits per heavy atom. The molecule has 1 aromatic rings. The van der Waals surface area contributed by atoms with E-state index in [9.17, 15) is 13.2 Å². The first kappa shape index (κ1) is 17.8. The molecule has 0 radical (unpaired) electrons. The predicted molar refractivity (Wildman–Crippen MR) is 78.6 cm³/mol. The lowest BCUT2D eigenvalue weighted by molar-refractivity contribution is -0.138. The van der Waals surface area contributed by atoms with Gasteiger partial charge < -0.3 is 15.0 Å². The van der Waals surface area contributed by atoms with Gasteiger partial charge in [0.15, 0.2) is 0 Å². The molecule has 0 heterocycles. The average Bonchev–Trinajstić information content (AvgIpc) is 2.37. The van der Waals surface area contributed by atoms with Crippen molar-refractivity contribution in [1.82, 2.24) is 5.32 Å². The molecule has 0 bridgehead atoms. The van der Waals surface area contributed by atoms with Gasteiger partial charge in [-0.05, 0) is 38.6 Å². The number of nitrogens with zero attached hydrogens (tertiary/aromatic N) is 1. The minimum Gasteiger partial charge on any atom is -0.377 e. The topological polar surface area (TPSA) is 24.5 Å². The molecule has 1 aromatic carbocycles.